The van der Waals surface area contributed by atoms with Gasteiger partial charge in [-0.1, -0.05) is 18.2 Å². The van der Waals surface area contributed by atoms with E-state index in [0.29, 0.717) is 18.0 Å². The van der Waals surface area contributed by atoms with E-state index in [0.717, 1.165) is 0 Å². The molecule has 1 aliphatic carbocycles. The molecule has 0 bridgehead atoms. The number of nitrogens with zero attached hydrogens (tertiary/aromatic N) is 1. The number of benzene rings is 1. The van der Waals surface area contributed by atoms with Crippen molar-refractivity contribution in [1.29, 1.82) is 0 Å². The number of nitrogens with two attached hydrogens (primary N) is 1. The van der Waals surface area contributed by atoms with E-state index in [1.165, 1.54) is 30.5 Å². The van der Waals surface area contributed by atoms with Gasteiger partial charge in [0.25, 0.3) is 0 Å². The minimum atomic E-state index is 0.356. The van der Waals surface area contributed by atoms with Gasteiger partial charge in [-0.25, -0.2) is 0 Å². The van der Waals surface area contributed by atoms with Crippen LogP contribution >= 0.6 is 0 Å². The molecule has 2 aliphatic rings. The first-order valence-electron chi connectivity index (χ1n) is 5.86. The highest BCUT2D eigenvalue weighted by Gasteiger charge is 2.41. The summed E-state index contributed by atoms with van der Waals surface area (Å²) in [5.74, 6) is 0.569. The lowest BCUT2D eigenvalue weighted by Crippen LogP contribution is -2.42. The molecular formula is C13H18N2. The maximum Gasteiger partial charge on any atom is 0.0403 e. The molecule has 80 valence electrons. The highest BCUT2D eigenvalue weighted by molar-refractivity contribution is 5.62. The van der Waals surface area contributed by atoms with Crippen molar-refractivity contribution in [2.75, 3.05) is 11.9 Å². The van der Waals surface area contributed by atoms with E-state index in [1.807, 2.05) is 0 Å². The molecule has 15 heavy (non-hydrogen) atoms. The second kappa shape index (κ2) is 3.24. The summed E-state index contributed by atoms with van der Waals surface area (Å²) >= 11 is 0. The lowest BCUT2D eigenvalue weighted by molar-refractivity contribution is 0.349. The third kappa shape index (κ3) is 1.21. The predicted molar refractivity (Wildman–Crippen MR) is 63.2 cm³/mol. The van der Waals surface area contributed by atoms with E-state index >= 15 is 0 Å². The van der Waals surface area contributed by atoms with E-state index < -0.39 is 0 Å². The Morgan fingerprint density at radius 3 is 2.93 bits per heavy atom. The average molecular weight is 202 g/mol. The van der Waals surface area contributed by atoms with Gasteiger partial charge in [-0.05, 0) is 30.9 Å². The largest absolute Gasteiger partial charge is 0.371 e. The van der Waals surface area contributed by atoms with Crippen LogP contribution in [0.25, 0.3) is 0 Å². The maximum absolute atomic E-state index is 6.27. The molecule has 3 rings (SSSR count). The predicted octanol–water partition coefficient (Wildman–Crippen LogP) is 2.10. The van der Waals surface area contributed by atoms with E-state index in [2.05, 4.69) is 36.2 Å². The molecule has 0 amide bonds. The fourth-order valence-corrected chi connectivity index (χ4v) is 3.35. The second-order valence-corrected chi connectivity index (χ2v) is 4.86. The number of likely N-dealkylation sites (N-methyl/N-ethyl adjacent to an activating group) is 1. The highest BCUT2D eigenvalue weighted by Crippen LogP contribution is 2.46. The normalized spacial score (nSPS) is 33.7. The molecule has 0 aromatic heterocycles. The lowest BCUT2D eigenvalue weighted by Gasteiger charge is -2.34. The average Bonchev–Trinajstić information content (AvgIpc) is 2.55. The number of para-hydroxylation sites is 1. The number of rotatable bonds is 0. The van der Waals surface area contributed by atoms with Crippen LogP contribution in [0, 0.1) is 0 Å². The molecule has 2 N–H and O–H groups in total. The van der Waals surface area contributed by atoms with Gasteiger partial charge in [-0.2, -0.15) is 0 Å². The number of anilines is 1. The summed E-state index contributed by atoms with van der Waals surface area (Å²) in [6.07, 6.45) is 3.76. The van der Waals surface area contributed by atoms with E-state index in [-0.39, 0.29) is 0 Å². The van der Waals surface area contributed by atoms with Crippen LogP contribution < -0.4 is 10.6 Å². The zero-order valence-electron chi connectivity index (χ0n) is 9.19. The van der Waals surface area contributed by atoms with Crippen LogP contribution in [0.4, 0.5) is 5.69 Å². The molecule has 3 unspecified atom stereocenters. The van der Waals surface area contributed by atoms with E-state index in [9.17, 15) is 0 Å². The maximum atomic E-state index is 6.27. The van der Waals surface area contributed by atoms with Crippen LogP contribution in [0.1, 0.15) is 30.7 Å². The Labute approximate surface area is 91.1 Å². The summed E-state index contributed by atoms with van der Waals surface area (Å²) in [4.78, 5) is 2.43. The summed E-state index contributed by atoms with van der Waals surface area (Å²) in [5, 5.41) is 0. The van der Waals surface area contributed by atoms with Crippen molar-refractivity contribution in [2.45, 2.75) is 37.3 Å². The molecule has 0 saturated heterocycles. The van der Waals surface area contributed by atoms with Gasteiger partial charge < -0.3 is 10.6 Å². The molecule has 1 aromatic carbocycles. The molecule has 0 spiro atoms. The molecule has 2 nitrogen and oxygen atoms in total. The Balaban J connectivity index is 2.08. The molecule has 1 heterocycles. The Bertz CT molecular complexity index is 375. The molecule has 1 aliphatic heterocycles. The molecule has 3 atom stereocenters. The molecule has 2 heteroatoms. The van der Waals surface area contributed by atoms with Crippen LogP contribution in [0.3, 0.4) is 0 Å². The topological polar surface area (TPSA) is 29.3 Å². The van der Waals surface area contributed by atoms with Crippen LogP contribution in [-0.4, -0.2) is 19.1 Å². The van der Waals surface area contributed by atoms with Crippen molar-refractivity contribution in [3.8, 4) is 0 Å². The van der Waals surface area contributed by atoms with Crippen molar-refractivity contribution in [3.05, 3.63) is 29.8 Å². The fraction of sp³-hybridized carbons (Fsp3) is 0.538. The van der Waals surface area contributed by atoms with Crippen LogP contribution in [0.15, 0.2) is 24.3 Å². The van der Waals surface area contributed by atoms with Gasteiger partial charge in [-0.15, -0.1) is 0 Å². The first kappa shape index (κ1) is 9.22. The number of fused-ring (bicyclic) bond motifs is 3. The summed E-state index contributed by atoms with van der Waals surface area (Å²) < 4.78 is 0. The summed E-state index contributed by atoms with van der Waals surface area (Å²) in [5.41, 5.74) is 9.13. The minimum Gasteiger partial charge on any atom is -0.371 e. The first-order valence-corrected chi connectivity index (χ1v) is 5.86. The van der Waals surface area contributed by atoms with Gasteiger partial charge in [0.1, 0.15) is 0 Å². The van der Waals surface area contributed by atoms with Crippen molar-refractivity contribution in [2.24, 2.45) is 5.73 Å². The smallest absolute Gasteiger partial charge is 0.0403 e. The quantitative estimate of drug-likeness (QED) is 0.698. The zero-order valence-corrected chi connectivity index (χ0v) is 9.19. The first-order chi connectivity index (χ1) is 7.29. The lowest BCUT2D eigenvalue weighted by atomic mass is 9.79. The number of hydrogen-bond acceptors (Lipinski definition) is 2. The SMILES string of the molecule is CN1c2ccccc2C2C(N)CCCC21. The second-order valence-electron chi connectivity index (χ2n) is 4.86. The summed E-state index contributed by atoms with van der Waals surface area (Å²) in [6, 6.07) is 9.73. The monoisotopic (exact) mass is 202 g/mol. The number of hydrogen-bond donors (Lipinski definition) is 1. The van der Waals surface area contributed by atoms with Crippen LogP contribution in [0.2, 0.25) is 0 Å². The van der Waals surface area contributed by atoms with E-state index in [4.69, 9.17) is 5.73 Å². The molecule has 1 aromatic rings. The Kier molecular flexibility index (Phi) is 1.99. The summed E-state index contributed by atoms with van der Waals surface area (Å²) in [7, 11) is 2.21. The van der Waals surface area contributed by atoms with Gasteiger partial charge in [0.15, 0.2) is 0 Å². The Hall–Kier alpha value is -1.02. The van der Waals surface area contributed by atoms with Gasteiger partial charge >= 0.3 is 0 Å². The van der Waals surface area contributed by atoms with Gasteiger partial charge in [0.05, 0.1) is 0 Å². The zero-order chi connectivity index (χ0) is 10.4. The van der Waals surface area contributed by atoms with Crippen molar-refractivity contribution >= 4 is 5.69 Å². The minimum absolute atomic E-state index is 0.356. The Morgan fingerprint density at radius 2 is 2.07 bits per heavy atom. The van der Waals surface area contributed by atoms with Crippen molar-refractivity contribution < 1.29 is 0 Å². The molecule has 1 fully saturated rings. The standard InChI is InChI=1S/C13H18N2/c1-15-11-7-3-2-5-9(11)13-10(14)6-4-8-12(13)15/h2-3,5,7,10,12-13H,4,6,8,14H2,1H3. The molecular weight excluding hydrogens is 184 g/mol. The highest BCUT2D eigenvalue weighted by atomic mass is 15.2. The molecule has 1 saturated carbocycles. The van der Waals surface area contributed by atoms with Crippen LogP contribution in [0.5, 0.6) is 0 Å². The van der Waals surface area contributed by atoms with Crippen LogP contribution in [-0.2, 0) is 0 Å². The van der Waals surface area contributed by atoms with Gasteiger partial charge in [0, 0.05) is 30.7 Å². The summed E-state index contributed by atoms with van der Waals surface area (Å²) in [6.45, 7) is 0. The van der Waals surface area contributed by atoms with Crippen molar-refractivity contribution in [3.63, 3.8) is 0 Å². The van der Waals surface area contributed by atoms with E-state index in [1.54, 1.807) is 0 Å². The Morgan fingerprint density at radius 1 is 1.27 bits per heavy atom. The van der Waals surface area contributed by atoms with Gasteiger partial charge in [0.2, 0.25) is 0 Å². The third-order valence-corrected chi connectivity index (χ3v) is 4.09. The molecule has 0 radical (unpaired) electrons. The van der Waals surface area contributed by atoms with Gasteiger partial charge in [-0.3, -0.25) is 0 Å². The fourth-order valence-electron chi connectivity index (χ4n) is 3.35. The van der Waals surface area contributed by atoms with Crippen molar-refractivity contribution in [1.82, 2.24) is 0 Å². The third-order valence-electron chi connectivity index (χ3n) is 4.09.